The van der Waals surface area contributed by atoms with Crippen molar-refractivity contribution in [2.75, 3.05) is 14.2 Å². The summed E-state index contributed by atoms with van der Waals surface area (Å²) in [5, 5.41) is 3.52. The van der Waals surface area contributed by atoms with E-state index in [2.05, 4.69) is 40.4 Å². The molecule has 1 atom stereocenters. The molecule has 21 heavy (non-hydrogen) atoms. The Balaban J connectivity index is 1.97. The van der Waals surface area contributed by atoms with E-state index in [1.807, 2.05) is 6.07 Å². The van der Waals surface area contributed by atoms with Gasteiger partial charge in [0.25, 0.3) is 0 Å². The van der Waals surface area contributed by atoms with Crippen LogP contribution in [0.2, 0.25) is 0 Å². The highest BCUT2D eigenvalue weighted by Gasteiger charge is 2.18. The van der Waals surface area contributed by atoms with Crippen LogP contribution in [0.25, 0.3) is 0 Å². The first-order valence-corrected chi connectivity index (χ1v) is 9.02. The summed E-state index contributed by atoms with van der Waals surface area (Å²) in [6.45, 7) is 0. The molecule has 2 nitrogen and oxygen atoms in total. The maximum atomic E-state index is 5.35. The largest absolute Gasteiger partial charge is 0.497 e. The minimum atomic E-state index is 0.552. The Morgan fingerprint density at radius 1 is 1.24 bits per heavy atom. The molecule has 0 radical (unpaired) electrons. The molecule has 0 spiro atoms. The second-order valence-corrected chi connectivity index (χ2v) is 7.09. The van der Waals surface area contributed by atoms with E-state index in [9.17, 15) is 0 Å². The second-order valence-electron chi connectivity index (χ2n) is 6.24. The van der Waals surface area contributed by atoms with E-state index in [-0.39, 0.29) is 0 Å². The second kappa shape index (κ2) is 8.79. The average molecular weight is 354 g/mol. The van der Waals surface area contributed by atoms with Gasteiger partial charge in [-0.25, -0.2) is 0 Å². The van der Waals surface area contributed by atoms with Crippen LogP contribution in [0.15, 0.2) is 22.7 Å². The predicted octanol–water partition coefficient (Wildman–Crippen LogP) is 4.95. The van der Waals surface area contributed by atoms with Crippen molar-refractivity contribution >= 4 is 15.9 Å². The Morgan fingerprint density at radius 3 is 2.57 bits per heavy atom. The molecule has 118 valence electrons. The van der Waals surface area contributed by atoms with E-state index in [1.165, 1.54) is 55.0 Å². The average Bonchev–Trinajstić information content (AvgIpc) is 2.77. The third kappa shape index (κ3) is 5.30. The van der Waals surface area contributed by atoms with Crippen LogP contribution in [0, 0.1) is 5.92 Å². The highest BCUT2D eigenvalue weighted by Crippen LogP contribution is 2.29. The topological polar surface area (TPSA) is 21.3 Å². The minimum Gasteiger partial charge on any atom is -0.497 e. The summed E-state index contributed by atoms with van der Waals surface area (Å²) < 4.78 is 6.53. The molecule has 0 heterocycles. The monoisotopic (exact) mass is 353 g/mol. The van der Waals surface area contributed by atoms with Crippen LogP contribution in [-0.2, 0) is 6.42 Å². The molecule has 0 saturated heterocycles. The van der Waals surface area contributed by atoms with Crippen molar-refractivity contribution in [2.24, 2.45) is 5.92 Å². The van der Waals surface area contributed by atoms with Gasteiger partial charge in [-0.3, -0.25) is 0 Å². The molecule has 1 aromatic carbocycles. The lowest BCUT2D eigenvalue weighted by atomic mass is 9.90. The van der Waals surface area contributed by atoms with Crippen LogP contribution in [-0.4, -0.2) is 20.2 Å². The zero-order chi connectivity index (χ0) is 15.1. The Morgan fingerprint density at radius 2 is 1.95 bits per heavy atom. The van der Waals surface area contributed by atoms with Gasteiger partial charge in [-0.1, -0.05) is 54.5 Å². The van der Waals surface area contributed by atoms with Gasteiger partial charge in [0.1, 0.15) is 5.75 Å². The number of nitrogens with one attached hydrogen (secondary N) is 1. The molecule has 1 aliphatic rings. The van der Waals surface area contributed by atoms with Gasteiger partial charge in [0.05, 0.1) is 7.11 Å². The standard InChI is InChI=1S/C18H28BrNO/c1-20-16(11-14-7-5-3-4-6-8-14)12-15-13-17(21-2)9-10-18(15)19/h9-10,13-14,16,20H,3-8,11-12H2,1-2H3. The maximum Gasteiger partial charge on any atom is 0.119 e. The fourth-order valence-electron chi connectivity index (χ4n) is 3.41. The van der Waals surface area contributed by atoms with E-state index >= 15 is 0 Å². The molecular formula is C18H28BrNO. The number of rotatable bonds is 6. The van der Waals surface area contributed by atoms with Gasteiger partial charge in [0, 0.05) is 10.5 Å². The lowest BCUT2D eigenvalue weighted by Crippen LogP contribution is -2.30. The van der Waals surface area contributed by atoms with E-state index in [0.29, 0.717) is 6.04 Å². The fraction of sp³-hybridized carbons (Fsp3) is 0.667. The van der Waals surface area contributed by atoms with Crippen molar-refractivity contribution in [1.82, 2.24) is 5.32 Å². The summed E-state index contributed by atoms with van der Waals surface area (Å²) in [7, 11) is 3.82. The van der Waals surface area contributed by atoms with Gasteiger partial charge in [-0.15, -0.1) is 0 Å². The van der Waals surface area contributed by atoms with Crippen molar-refractivity contribution in [1.29, 1.82) is 0 Å². The summed E-state index contributed by atoms with van der Waals surface area (Å²) in [6, 6.07) is 6.80. The van der Waals surface area contributed by atoms with Crippen LogP contribution in [0.1, 0.15) is 50.5 Å². The molecule has 0 bridgehead atoms. The van der Waals surface area contributed by atoms with Gasteiger partial charge in [0.15, 0.2) is 0 Å². The molecule has 1 fully saturated rings. The fourth-order valence-corrected chi connectivity index (χ4v) is 3.81. The third-order valence-corrected chi connectivity index (χ3v) is 5.49. The lowest BCUT2D eigenvalue weighted by Gasteiger charge is -2.23. The molecule has 1 unspecified atom stereocenters. The molecule has 1 aromatic rings. The van der Waals surface area contributed by atoms with Crippen molar-refractivity contribution in [3.05, 3.63) is 28.2 Å². The number of halogens is 1. The number of methoxy groups -OCH3 is 1. The summed E-state index contributed by atoms with van der Waals surface area (Å²) >= 11 is 3.67. The summed E-state index contributed by atoms with van der Waals surface area (Å²) in [5.41, 5.74) is 1.34. The van der Waals surface area contributed by atoms with Gasteiger partial charge in [-0.05, 0) is 49.6 Å². The molecule has 3 heteroatoms. The van der Waals surface area contributed by atoms with E-state index in [1.54, 1.807) is 7.11 Å². The predicted molar refractivity (Wildman–Crippen MR) is 93.1 cm³/mol. The van der Waals surface area contributed by atoms with Crippen molar-refractivity contribution < 1.29 is 4.74 Å². The number of hydrogen-bond acceptors (Lipinski definition) is 2. The quantitative estimate of drug-likeness (QED) is 0.730. The molecular weight excluding hydrogens is 326 g/mol. The number of likely N-dealkylation sites (N-methyl/N-ethyl adjacent to an activating group) is 1. The Bertz CT molecular complexity index is 427. The van der Waals surface area contributed by atoms with E-state index in [4.69, 9.17) is 4.74 Å². The molecule has 1 saturated carbocycles. The number of hydrogen-bond donors (Lipinski definition) is 1. The van der Waals surface area contributed by atoms with Crippen molar-refractivity contribution in [2.45, 2.75) is 57.4 Å². The zero-order valence-electron chi connectivity index (χ0n) is 13.3. The Hall–Kier alpha value is -0.540. The first kappa shape index (κ1) is 16.8. The van der Waals surface area contributed by atoms with Gasteiger partial charge in [-0.2, -0.15) is 0 Å². The van der Waals surface area contributed by atoms with Crippen LogP contribution < -0.4 is 10.1 Å². The highest BCUT2D eigenvalue weighted by molar-refractivity contribution is 9.10. The SMILES string of the molecule is CNC(Cc1cc(OC)ccc1Br)CC1CCCCCC1. The molecule has 0 amide bonds. The zero-order valence-corrected chi connectivity index (χ0v) is 14.9. The molecule has 0 aliphatic heterocycles. The minimum absolute atomic E-state index is 0.552. The smallest absolute Gasteiger partial charge is 0.119 e. The van der Waals surface area contributed by atoms with Crippen LogP contribution in [0.3, 0.4) is 0 Å². The Labute approximate surface area is 137 Å². The summed E-state index contributed by atoms with van der Waals surface area (Å²) in [5.74, 6) is 1.84. The first-order valence-electron chi connectivity index (χ1n) is 8.22. The van der Waals surface area contributed by atoms with Crippen molar-refractivity contribution in [3.8, 4) is 5.75 Å². The summed E-state index contributed by atoms with van der Waals surface area (Å²) in [4.78, 5) is 0. The van der Waals surface area contributed by atoms with E-state index in [0.717, 1.165) is 18.1 Å². The van der Waals surface area contributed by atoms with Crippen LogP contribution >= 0.6 is 15.9 Å². The van der Waals surface area contributed by atoms with Gasteiger partial charge >= 0.3 is 0 Å². The number of ether oxygens (including phenoxy) is 1. The Kier molecular flexibility index (Phi) is 7.05. The normalized spacial score (nSPS) is 18.2. The van der Waals surface area contributed by atoms with Crippen LogP contribution in [0.4, 0.5) is 0 Å². The first-order chi connectivity index (χ1) is 10.2. The van der Waals surface area contributed by atoms with Crippen molar-refractivity contribution in [3.63, 3.8) is 0 Å². The molecule has 1 aliphatic carbocycles. The van der Waals surface area contributed by atoms with E-state index < -0.39 is 0 Å². The molecule has 2 rings (SSSR count). The number of benzene rings is 1. The third-order valence-electron chi connectivity index (χ3n) is 4.72. The molecule has 1 N–H and O–H groups in total. The van der Waals surface area contributed by atoms with Gasteiger partial charge < -0.3 is 10.1 Å². The highest BCUT2D eigenvalue weighted by atomic mass is 79.9. The summed E-state index contributed by atoms with van der Waals surface area (Å²) in [6.07, 6.45) is 10.9. The van der Waals surface area contributed by atoms with Gasteiger partial charge in [0.2, 0.25) is 0 Å². The lowest BCUT2D eigenvalue weighted by molar-refractivity contribution is 0.360. The molecule has 0 aromatic heterocycles. The van der Waals surface area contributed by atoms with Crippen LogP contribution in [0.5, 0.6) is 5.75 Å². The maximum absolute atomic E-state index is 5.35.